The summed E-state index contributed by atoms with van der Waals surface area (Å²) in [6.07, 6.45) is 3.70. The van der Waals surface area contributed by atoms with Crippen molar-refractivity contribution in [1.29, 1.82) is 0 Å². The zero-order chi connectivity index (χ0) is 11.7. The highest BCUT2D eigenvalue weighted by atomic mass is 14.6. The summed E-state index contributed by atoms with van der Waals surface area (Å²) in [5.41, 5.74) is 8.95. The van der Waals surface area contributed by atoms with Crippen LogP contribution in [0.25, 0.3) is 21.9 Å². The molecule has 1 aromatic heterocycles. The Hall–Kier alpha value is -2.35. The Labute approximate surface area is 99.7 Å². The van der Waals surface area contributed by atoms with Crippen molar-refractivity contribution in [2.75, 3.05) is 5.73 Å². The monoisotopic (exact) mass is 220 g/mol. The lowest BCUT2D eigenvalue weighted by molar-refractivity contribution is 1.36. The van der Waals surface area contributed by atoms with Crippen LogP contribution in [0.2, 0.25) is 0 Å². The molecule has 0 amide bonds. The fourth-order valence-electron chi connectivity index (χ4n) is 2.08. The molecule has 0 aliphatic rings. The molecule has 2 heteroatoms. The number of pyridine rings is 1. The molecule has 0 saturated carbocycles. The number of aromatic nitrogens is 1. The molecule has 1 heterocycles. The molecule has 0 atom stereocenters. The molecular weight excluding hydrogens is 208 g/mol. The average Bonchev–Trinajstić information content (AvgIpc) is 2.38. The van der Waals surface area contributed by atoms with Crippen LogP contribution in [0, 0.1) is 0 Å². The second kappa shape index (κ2) is 3.91. The van der Waals surface area contributed by atoms with E-state index in [2.05, 4.69) is 23.2 Å². The minimum atomic E-state index is 0.786. The lowest BCUT2D eigenvalue weighted by Crippen LogP contribution is -1.86. The Morgan fingerprint density at radius 3 is 2.71 bits per heavy atom. The van der Waals surface area contributed by atoms with Crippen LogP contribution in [0.3, 0.4) is 0 Å². The van der Waals surface area contributed by atoms with E-state index in [0.717, 1.165) is 16.6 Å². The van der Waals surface area contributed by atoms with Gasteiger partial charge in [-0.3, -0.25) is 4.98 Å². The molecule has 0 aliphatic heterocycles. The first-order valence-corrected chi connectivity index (χ1v) is 5.53. The van der Waals surface area contributed by atoms with Crippen molar-refractivity contribution in [2.45, 2.75) is 0 Å². The standard InChI is InChI=1S/C15H12N2/c16-13-5-1-3-11(9-13)14-6-2-4-12-10-17-8-7-15(12)14/h1-10H,16H2. The van der Waals surface area contributed by atoms with E-state index in [1.807, 2.05) is 42.7 Å². The molecule has 2 N–H and O–H groups in total. The molecule has 0 saturated heterocycles. The Balaban J connectivity index is 2.30. The molecule has 0 fully saturated rings. The number of nitrogens with two attached hydrogens (primary N) is 1. The van der Waals surface area contributed by atoms with Crippen molar-refractivity contribution in [3.05, 3.63) is 60.9 Å². The van der Waals surface area contributed by atoms with E-state index in [4.69, 9.17) is 5.73 Å². The second-order valence-electron chi connectivity index (χ2n) is 4.03. The van der Waals surface area contributed by atoms with Gasteiger partial charge < -0.3 is 5.73 Å². The first-order valence-electron chi connectivity index (χ1n) is 5.53. The Kier molecular flexibility index (Phi) is 2.26. The van der Waals surface area contributed by atoms with Gasteiger partial charge in [0.2, 0.25) is 0 Å². The van der Waals surface area contributed by atoms with Gasteiger partial charge >= 0.3 is 0 Å². The molecular formula is C15H12N2. The zero-order valence-corrected chi connectivity index (χ0v) is 9.30. The lowest BCUT2D eigenvalue weighted by Gasteiger charge is -2.07. The summed E-state index contributed by atoms with van der Waals surface area (Å²) in [6.45, 7) is 0. The van der Waals surface area contributed by atoms with E-state index < -0.39 is 0 Å². The van der Waals surface area contributed by atoms with Gasteiger partial charge in [-0.25, -0.2) is 0 Å². The van der Waals surface area contributed by atoms with Crippen LogP contribution in [0.15, 0.2) is 60.9 Å². The Morgan fingerprint density at radius 2 is 1.82 bits per heavy atom. The maximum absolute atomic E-state index is 5.83. The van der Waals surface area contributed by atoms with E-state index >= 15 is 0 Å². The van der Waals surface area contributed by atoms with Crippen molar-refractivity contribution in [3.63, 3.8) is 0 Å². The maximum Gasteiger partial charge on any atom is 0.0346 e. The highest BCUT2D eigenvalue weighted by molar-refractivity contribution is 5.96. The fourth-order valence-corrected chi connectivity index (χ4v) is 2.08. The fraction of sp³-hybridized carbons (Fsp3) is 0. The van der Waals surface area contributed by atoms with Crippen molar-refractivity contribution in [2.24, 2.45) is 0 Å². The molecule has 17 heavy (non-hydrogen) atoms. The van der Waals surface area contributed by atoms with Gasteiger partial charge in [0.25, 0.3) is 0 Å². The van der Waals surface area contributed by atoms with E-state index in [-0.39, 0.29) is 0 Å². The number of hydrogen-bond donors (Lipinski definition) is 1. The van der Waals surface area contributed by atoms with Crippen LogP contribution < -0.4 is 5.73 Å². The van der Waals surface area contributed by atoms with Crippen LogP contribution in [0.4, 0.5) is 5.69 Å². The maximum atomic E-state index is 5.83. The SMILES string of the molecule is Nc1cccc(-c2cccc3cnccc23)c1. The minimum Gasteiger partial charge on any atom is -0.399 e. The average molecular weight is 220 g/mol. The Morgan fingerprint density at radius 1 is 0.941 bits per heavy atom. The largest absolute Gasteiger partial charge is 0.399 e. The molecule has 0 aliphatic carbocycles. The van der Waals surface area contributed by atoms with Crippen LogP contribution in [-0.2, 0) is 0 Å². The number of nitrogen functional groups attached to an aromatic ring is 1. The number of rotatable bonds is 1. The third kappa shape index (κ3) is 1.74. The third-order valence-corrected chi connectivity index (χ3v) is 2.88. The van der Waals surface area contributed by atoms with Crippen LogP contribution in [-0.4, -0.2) is 4.98 Å². The molecule has 82 valence electrons. The number of hydrogen-bond acceptors (Lipinski definition) is 2. The molecule has 0 unspecified atom stereocenters. The molecule has 0 spiro atoms. The van der Waals surface area contributed by atoms with Gasteiger partial charge in [-0.15, -0.1) is 0 Å². The van der Waals surface area contributed by atoms with Gasteiger partial charge in [-0.2, -0.15) is 0 Å². The van der Waals surface area contributed by atoms with E-state index in [1.165, 1.54) is 10.9 Å². The summed E-state index contributed by atoms with van der Waals surface area (Å²) < 4.78 is 0. The number of anilines is 1. The molecule has 2 nitrogen and oxygen atoms in total. The first kappa shape index (κ1) is 9.85. The van der Waals surface area contributed by atoms with E-state index in [0.29, 0.717) is 0 Å². The normalized spacial score (nSPS) is 10.6. The van der Waals surface area contributed by atoms with Gasteiger partial charge in [0.1, 0.15) is 0 Å². The van der Waals surface area contributed by atoms with E-state index in [1.54, 1.807) is 0 Å². The van der Waals surface area contributed by atoms with Crippen molar-refractivity contribution in [3.8, 4) is 11.1 Å². The van der Waals surface area contributed by atoms with Crippen molar-refractivity contribution in [1.82, 2.24) is 4.98 Å². The summed E-state index contributed by atoms with van der Waals surface area (Å²) in [5, 5.41) is 2.35. The molecule has 3 rings (SSSR count). The van der Waals surface area contributed by atoms with Gasteiger partial charge in [-0.1, -0.05) is 30.3 Å². The van der Waals surface area contributed by atoms with Crippen molar-refractivity contribution < 1.29 is 0 Å². The second-order valence-corrected chi connectivity index (χ2v) is 4.03. The number of fused-ring (bicyclic) bond motifs is 1. The minimum absolute atomic E-state index is 0.786. The topological polar surface area (TPSA) is 38.9 Å². The summed E-state index contributed by atoms with van der Waals surface area (Å²) >= 11 is 0. The summed E-state index contributed by atoms with van der Waals surface area (Å²) in [4.78, 5) is 4.14. The highest BCUT2D eigenvalue weighted by Crippen LogP contribution is 2.28. The highest BCUT2D eigenvalue weighted by Gasteiger charge is 2.03. The predicted octanol–water partition coefficient (Wildman–Crippen LogP) is 3.48. The number of benzene rings is 2. The Bertz CT molecular complexity index is 669. The smallest absolute Gasteiger partial charge is 0.0346 e. The predicted molar refractivity (Wildman–Crippen MR) is 71.6 cm³/mol. The van der Waals surface area contributed by atoms with Crippen LogP contribution >= 0.6 is 0 Å². The van der Waals surface area contributed by atoms with Gasteiger partial charge in [0.05, 0.1) is 0 Å². The molecule has 2 aromatic carbocycles. The van der Waals surface area contributed by atoms with Crippen LogP contribution in [0.5, 0.6) is 0 Å². The van der Waals surface area contributed by atoms with E-state index in [9.17, 15) is 0 Å². The number of nitrogens with zero attached hydrogens (tertiary/aromatic N) is 1. The van der Waals surface area contributed by atoms with Gasteiger partial charge in [0.15, 0.2) is 0 Å². The quantitative estimate of drug-likeness (QED) is 0.637. The zero-order valence-electron chi connectivity index (χ0n) is 9.30. The van der Waals surface area contributed by atoms with Gasteiger partial charge in [0, 0.05) is 23.5 Å². The molecule has 3 aromatic rings. The van der Waals surface area contributed by atoms with Crippen molar-refractivity contribution >= 4 is 16.5 Å². The van der Waals surface area contributed by atoms with Gasteiger partial charge in [-0.05, 0) is 34.7 Å². The summed E-state index contributed by atoms with van der Waals surface area (Å²) in [6, 6.07) is 16.2. The molecule has 0 radical (unpaired) electrons. The third-order valence-electron chi connectivity index (χ3n) is 2.88. The first-order chi connectivity index (χ1) is 8.34. The lowest BCUT2D eigenvalue weighted by atomic mass is 9.99. The van der Waals surface area contributed by atoms with Crippen LogP contribution in [0.1, 0.15) is 0 Å². The molecule has 0 bridgehead atoms. The summed E-state index contributed by atoms with van der Waals surface area (Å²) in [5.74, 6) is 0. The summed E-state index contributed by atoms with van der Waals surface area (Å²) in [7, 11) is 0.